The molecule has 1 N–H and O–H groups in total. The average Bonchev–Trinajstić information content (AvgIpc) is 2.95. The number of aryl methyl sites for hydroxylation is 1. The van der Waals surface area contributed by atoms with Gasteiger partial charge in [-0.2, -0.15) is 0 Å². The highest BCUT2D eigenvalue weighted by Crippen LogP contribution is 2.37. The molecule has 0 radical (unpaired) electrons. The van der Waals surface area contributed by atoms with Crippen LogP contribution in [0.4, 0.5) is 5.69 Å². The second kappa shape index (κ2) is 7.23. The fourth-order valence-electron chi connectivity index (χ4n) is 3.69. The molecule has 0 bridgehead atoms. The van der Waals surface area contributed by atoms with Crippen molar-refractivity contribution in [3.63, 3.8) is 0 Å². The van der Waals surface area contributed by atoms with Crippen LogP contribution >= 0.6 is 0 Å². The molecule has 2 amide bonds. The number of benzene rings is 3. The predicted octanol–water partition coefficient (Wildman–Crippen LogP) is 4.21. The predicted molar refractivity (Wildman–Crippen MR) is 108 cm³/mol. The van der Waals surface area contributed by atoms with E-state index in [4.69, 9.17) is 0 Å². The number of hydrogen-bond donors (Lipinski definition) is 1. The van der Waals surface area contributed by atoms with Crippen molar-refractivity contribution >= 4 is 28.3 Å². The Morgan fingerprint density at radius 3 is 2.59 bits per heavy atom. The van der Waals surface area contributed by atoms with Crippen molar-refractivity contribution in [3.8, 4) is 0 Å². The van der Waals surface area contributed by atoms with Gasteiger partial charge in [0.1, 0.15) is 0 Å². The minimum atomic E-state index is 0.0145. The van der Waals surface area contributed by atoms with Crippen LogP contribution in [0.15, 0.2) is 60.7 Å². The van der Waals surface area contributed by atoms with Crippen LogP contribution in [-0.2, 0) is 11.3 Å². The molecule has 0 fully saturated rings. The van der Waals surface area contributed by atoms with Crippen molar-refractivity contribution in [2.75, 3.05) is 11.4 Å². The third-order valence-corrected chi connectivity index (χ3v) is 5.17. The van der Waals surface area contributed by atoms with Gasteiger partial charge in [-0.15, -0.1) is 0 Å². The minimum Gasteiger partial charge on any atom is -0.352 e. The highest BCUT2D eigenvalue weighted by atomic mass is 16.2. The number of anilines is 1. The quantitative estimate of drug-likeness (QED) is 0.718. The first kappa shape index (κ1) is 17.3. The summed E-state index contributed by atoms with van der Waals surface area (Å²) in [5, 5.41) is 5.07. The molecule has 4 rings (SSSR count). The number of hydrogen-bond acceptors (Lipinski definition) is 2. The SMILES string of the molecule is Cc1ccccc1CNC(=O)CCCN1C(=O)c2cccc3cccc1c23. The largest absolute Gasteiger partial charge is 0.352 e. The monoisotopic (exact) mass is 358 g/mol. The van der Waals surface area contributed by atoms with Gasteiger partial charge >= 0.3 is 0 Å². The van der Waals surface area contributed by atoms with E-state index in [1.54, 1.807) is 4.90 Å². The molecular weight excluding hydrogens is 336 g/mol. The maximum absolute atomic E-state index is 12.7. The van der Waals surface area contributed by atoms with Gasteiger partial charge in [0.25, 0.3) is 5.91 Å². The molecule has 1 aliphatic rings. The normalized spacial score (nSPS) is 12.6. The topological polar surface area (TPSA) is 49.4 Å². The van der Waals surface area contributed by atoms with Gasteiger partial charge in [-0.3, -0.25) is 9.59 Å². The fraction of sp³-hybridized carbons (Fsp3) is 0.217. The lowest BCUT2D eigenvalue weighted by Gasteiger charge is -2.17. The Kier molecular flexibility index (Phi) is 4.63. The van der Waals surface area contributed by atoms with E-state index in [0.717, 1.165) is 27.6 Å². The Balaban J connectivity index is 1.35. The van der Waals surface area contributed by atoms with Crippen molar-refractivity contribution in [2.45, 2.75) is 26.3 Å². The summed E-state index contributed by atoms with van der Waals surface area (Å²) in [6.07, 6.45) is 1.04. The molecule has 0 spiro atoms. The summed E-state index contributed by atoms with van der Waals surface area (Å²) in [6, 6.07) is 19.8. The fourth-order valence-corrected chi connectivity index (χ4v) is 3.69. The molecule has 4 nitrogen and oxygen atoms in total. The molecule has 0 atom stereocenters. The minimum absolute atomic E-state index is 0.0145. The van der Waals surface area contributed by atoms with Gasteiger partial charge in [-0.25, -0.2) is 0 Å². The summed E-state index contributed by atoms with van der Waals surface area (Å²) in [7, 11) is 0. The Labute approximate surface area is 158 Å². The van der Waals surface area contributed by atoms with Gasteiger partial charge in [0, 0.05) is 30.5 Å². The molecule has 0 unspecified atom stereocenters. The molecule has 0 saturated carbocycles. The van der Waals surface area contributed by atoms with E-state index in [-0.39, 0.29) is 11.8 Å². The highest BCUT2D eigenvalue weighted by Gasteiger charge is 2.28. The van der Waals surface area contributed by atoms with Gasteiger partial charge in [0.15, 0.2) is 0 Å². The van der Waals surface area contributed by atoms with E-state index < -0.39 is 0 Å². The molecule has 4 heteroatoms. The summed E-state index contributed by atoms with van der Waals surface area (Å²) in [5.74, 6) is 0.0442. The van der Waals surface area contributed by atoms with Crippen molar-refractivity contribution in [1.82, 2.24) is 5.32 Å². The van der Waals surface area contributed by atoms with Crippen LogP contribution in [0.3, 0.4) is 0 Å². The van der Waals surface area contributed by atoms with Crippen LogP contribution in [0.1, 0.15) is 34.3 Å². The number of nitrogens with zero attached hydrogens (tertiary/aromatic N) is 1. The Morgan fingerprint density at radius 2 is 1.78 bits per heavy atom. The van der Waals surface area contributed by atoms with Crippen LogP contribution in [-0.4, -0.2) is 18.4 Å². The van der Waals surface area contributed by atoms with Crippen molar-refractivity contribution in [1.29, 1.82) is 0 Å². The standard InChI is InChI=1S/C23H22N2O2/c1-16-7-2-3-8-18(16)15-24-21(26)13-6-14-25-20-12-5-10-17-9-4-11-19(22(17)20)23(25)27/h2-5,7-12H,6,13-15H2,1H3,(H,24,26). The summed E-state index contributed by atoms with van der Waals surface area (Å²) >= 11 is 0. The van der Waals surface area contributed by atoms with E-state index in [9.17, 15) is 9.59 Å². The second-order valence-corrected chi connectivity index (χ2v) is 6.94. The molecule has 0 saturated heterocycles. The van der Waals surface area contributed by atoms with Gasteiger partial charge in [-0.05, 0) is 42.0 Å². The first-order valence-corrected chi connectivity index (χ1v) is 9.30. The lowest BCUT2D eigenvalue weighted by atomic mass is 10.1. The van der Waals surface area contributed by atoms with Crippen molar-refractivity contribution in [2.24, 2.45) is 0 Å². The van der Waals surface area contributed by atoms with E-state index in [1.807, 2.05) is 67.6 Å². The zero-order valence-electron chi connectivity index (χ0n) is 15.4. The Morgan fingerprint density at radius 1 is 1.00 bits per heavy atom. The molecule has 1 aliphatic heterocycles. The molecule has 0 aromatic heterocycles. The zero-order valence-corrected chi connectivity index (χ0v) is 15.4. The van der Waals surface area contributed by atoms with Gasteiger partial charge in [0.2, 0.25) is 5.91 Å². The second-order valence-electron chi connectivity index (χ2n) is 6.94. The lowest BCUT2D eigenvalue weighted by molar-refractivity contribution is -0.121. The molecule has 0 aliphatic carbocycles. The molecule has 27 heavy (non-hydrogen) atoms. The third-order valence-electron chi connectivity index (χ3n) is 5.17. The zero-order chi connectivity index (χ0) is 18.8. The van der Waals surface area contributed by atoms with E-state index in [2.05, 4.69) is 5.32 Å². The van der Waals surface area contributed by atoms with E-state index in [0.29, 0.717) is 25.9 Å². The first-order chi connectivity index (χ1) is 13.1. The van der Waals surface area contributed by atoms with Crippen LogP contribution < -0.4 is 10.2 Å². The van der Waals surface area contributed by atoms with Crippen LogP contribution in [0.2, 0.25) is 0 Å². The van der Waals surface area contributed by atoms with Gasteiger partial charge < -0.3 is 10.2 Å². The van der Waals surface area contributed by atoms with E-state index >= 15 is 0 Å². The maximum Gasteiger partial charge on any atom is 0.258 e. The first-order valence-electron chi connectivity index (χ1n) is 9.30. The summed E-state index contributed by atoms with van der Waals surface area (Å²) in [6.45, 7) is 3.13. The molecule has 3 aromatic carbocycles. The maximum atomic E-state index is 12.7. The number of amides is 2. The average molecular weight is 358 g/mol. The third kappa shape index (κ3) is 3.31. The smallest absolute Gasteiger partial charge is 0.258 e. The highest BCUT2D eigenvalue weighted by molar-refractivity contribution is 6.25. The number of carbonyl (C=O) groups excluding carboxylic acids is 2. The van der Waals surface area contributed by atoms with Crippen molar-refractivity contribution < 1.29 is 9.59 Å². The van der Waals surface area contributed by atoms with Gasteiger partial charge in [0.05, 0.1) is 5.69 Å². The van der Waals surface area contributed by atoms with Crippen LogP contribution in [0.25, 0.3) is 10.8 Å². The Bertz CT molecular complexity index is 1020. The Hall–Kier alpha value is -3.14. The van der Waals surface area contributed by atoms with Crippen molar-refractivity contribution in [3.05, 3.63) is 77.4 Å². The number of rotatable bonds is 6. The molecular formula is C23H22N2O2. The number of nitrogens with one attached hydrogen (secondary N) is 1. The molecule has 136 valence electrons. The lowest BCUT2D eigenvalue weighted by Crippen LogP contribution is -2.29. The summed E-state index contributed by atoms with van der Waals surface area (Å²) < 4.78 is 0. The molecule has 3 aromatic rings. The van der Waals surface area contributed by atoms with Gasteiger partial charge in [-0.1, -0.05) is 48.5 Å². The van der Waals surface area contributed by atoms with Crippen LogP contribution in [0, 0.1) is 6.92 Å². The molecule has 1 heterocycles. The van der Waals surface area contributed by atoms with E-state index in [1.165, 1.54) is 5.56 Å². The summed E-state index contributed by atoms with van der Waals surface area (Å²) in [5.41, 5.74) is 4.01. The van der Waals surface area contributed by atoms with Crippen LogP contribution in [0.5, 0.6) is 0 Å². The number of carbonyl (C=O) groups is 2. The summed E-state index contributed by atoms with van der Waals surface area (Å²) in [4.78, 5) is 26.7.